The molecule has 2 aromatic carbocycles. The third-order valence-corrected chi connectivity index (χ3v) is 8.01. The minimum atomic E-state index is -1.63. The number of β-lactam (4-membered cyclic amide) rings is 1. The summed E-state index contributed by atoms with van der Waals surface area (Å²) in [5.41, 5.74) is 1.53. The highest BCUT2D eigenvalue weighted by molar-refractivity contribution is 7.87. The zero-order valence-electron chi connectivity index (χ0n) is 16.5. The standard InChI is InChI=1S/C22H22N2O5S/c1-22(2)17(21(27)28)24-19(26)16(20(24)30(22)29)23-18(25)15(13-9-5-3-6-10-13)14-11-7-4-8-12-14/h3-12,15-17,20H,1-2H3,(H,23,25)(H,27,28)/t16-,17+,20+,30+/m1/s1. The quantitative estimate of drug-likeness (QED) is 0.705. The molecule has 8 heteroatoms. The number of fused-ring (bicyclic) bond motifs is 1. The van der Waals surface area contributed by atoms with Crippen LogP contribution in [0.15, 0.2) is 60.7 Å². The van der Waals surface area contributed by atoms with Crippen molar-refractivity contribution in [1.82, 2.24) is 10.2 Å². The molecular formula is C22H22N2O5S. The molecule has 156 valence electrons. The Bertz CT molecular complexity index is 985. The Kier molecular flexibility index (Phi) is 4.97. The van der Waals surface area contributed by atoms with Gasteiger partial charge < -0.3 is 15.3 Å². The molecular weight excluding hydrogens is 404 g/mol. The number of rotatable bonds is 5. The topological polar surface area (TPSA) is 104 Å². The van der Waals surface area contributed by atoms with E-state index in [2.05, 4.69) is 5.32 Å². The van der Waals surface area contributed by atoms with Crippen molar-refractivity contribution in [2.75, 3.05) is 0 Å². The normalized spacial score (nSPS) is 26.8. The Morgan fingerprint density at radius 3 is 2.00 bits per heavy atom. The van der Waals surface area contributed by atoms with Crippen LogP contribution in [0.2, 0.25) is 0 Å². The molecule has 0 bridgehead atoms. The Balaban J connectivity index is 1.62. The molecule has 4 atom stereocenters. The Morgan fingerprint density at radius 1 is 1.03 bits per heavy atom. The highest BCUT2D eigenvalue weighted by Crippen LogP contribution is 2.43. The van der Waals surface area contributed by atoms with Crippen LogP contribution in [0.25, 0.3) is 0 Å². The van der Waals surface area contributed by atoms with Gasteiger partial charge in [0.2, 0.25) is 11.8 Å². The van der Waals surface area contributed by atoms with Crippen molar-refractivity contribution in [3.05, 3.63) is 71.8 Å². The molecule has 0 saturated carbocycles. The number of carbonyl (C=O) groups is 3. The van der Waals surface area contributed by atoms with Crippen LogP contribution in [0.5, 0.6) is 0 Å². The largest absolute Gasteiger partial charge is 0.480 e. The molecule has 2 fully saturated rings. The third-order valence-electron chi connectivity index (χ3n) is 5.81. The molecule has 0 radical (unpaired) electrons. The maximum atomic E-state index is 13.3. The van der Waals surface area contributed by atoms with Gasteiger partial charge in [-0.2, -0.15) is 0 Å². The van der Waals surface area contributed by atoms with Gasteiger partial charge in [-0.1, -0.05) is 60.7 Å². The first-order valence-corrected chi connectivity index (χ1v) is 10.8. The van der Waals surface area contributed by atoms with Gasteiger partial charge in [0.15, 0.2) is 0 Å². The van der Waals surface area contributed by atoms with E-state index in [1.54, 1.807) is 13.8 Å². The van der Waals surface area contributed by atoms with E-state index in [-0.39, 0.29) is 5.91 Å². The van der Waals surface area contributed by atoms with E-state index in [4.69, 9.17) is 0 Å². The molecule has 0 unspecified atom stereocenters. The van der Waals surface area contributed by atoms with Crippen LogP contribution in [0.4, 0.5) is 0 Å². The fourth-order valence-corrected chi connectivity index (χ4v) is 6.24. The van der Waals surface area contributed by atoms with Gasteiger partial charge in [0, 0.05) is 0 Å². The first-order chi connectivity index (χ1) is 14.2. The van der Waals surface area contributed by atoms with Gasteiger partial charge in [-0.3, -0.25) is 13.8 Å². The van der Waals surface area contributed by atoms with Gasteiger partial charge in [0.05, 0.1) is 21.5 Å². The summed E-state index contributed by atoms with van der Waals surface area (Å²) in [6.07, 6.45) is 0. The van der Waals surface area contributed by atoms with Crippen molar-refractivity contribution in [1.29, 1.82) is 0 Å². The summed E-state index contributed by atoms with van der Waals surface area (Å²) in [6.45, 7) is 3.15. The summed E-state index contributed by atoms with van der Waals surface area (Å²) in [4.78, 5) is 38.8. The van der Waals surface area contributed by atoms with E-state index in [9.17, 15) is 23.7 Å². The van der Waals surface area contributed by atoms with Crippen LogP contribution in [0, 0.1) is 0 Å². The summed E-state index contributed by atoms with van der Waals surface area (Å²) in [5, 5.41) is 11.4. The molecule has 0 aromatic heterocycles. The van der Waals surface area contributed by atoms with Crippen LogP contribution in [0.3, 0.4) is 0 Å². The summed E-state index contributed by atoms with van der Waals surface area (Å²) in [7, 11) is -1.63. The Hall–Kier alpha value is -3.00. The molecule has 2 N–H and O–H groups in total. The molecule has 0 aliphatic carbocycles. The van der Waals surface area contributed by atoms with Gasteiger partial charge in [-0.15, -0.1) is 0 Å². The van der Waals surface area contributed by atoms with Crippen LogP contribution in [-0.2, 0) is 25.2 Å². The Labute approximate surface area is 176 Å². The number of carboxylic acid groups (broad SMARTS) is 1. The number of nitrogens with zero attached hydrogens (tertiary/aromatic N) is 1. The second kappa shape index (κ2) is 7.36. The van der Waals surface area contributed by atoms with Crippen molar-refractivity contribution in [2.45, 2.75) is 42.0 Å². The fourth-order valence-electron chi connectivity index (χ4n) is 4.32. The molecule has 2 aliphatic heterocycles. The SMILES string of the molecule is CC1(C)[C@H](C(=O)O)N2C(=O)[C@@H](NC(=O)C(c3ccccc3)c3ccccc3)[C@@H]2[S@@]1=O. The van der Waals surface area contributed by atoms with Crippen molar-refractivity contribution in [2.24, 2.45) is 0 Å². The summed E-state index contributed by atoms with van der Waals surface area (Å²) in [5.74, 6) is -2.74. The molecule has 7 nitrogen and oxygen atoms in total. The minimum Gasteiger partial charge on any atom is -0.480 e. The lowest BCUT2D eigenvalue weighted by molar-refractivity contribution is -0.161. The minimum absolute atomic E-state index is 0.390. The van der Waals surface area contributed by atoms with Crippen molar-refractivity contribution in [3.63, 3.8) is 0 Å². The maximum absolute atomic E-state index is 13.3. The lowest BCUT2D eigenvalue weighted by atomic mass is 9.89. The number of amides is 2. The lowest BCUT2D eigenvalue weighted by Gasteiger charge is -2.43. The van der Waals surface area contributed by atoms with E-state index in [1.807, 2.05) is 60.7 Å². The van der Waals surface area contributed by atoms with Crippen molar-refractivity contribution >= 4 is 28.6 Å². The monoisotopic (exact) mass is 426 g/mol. The zero-order valence-corrected chi connectivity index (χ0v) is 17.3. The van der Waals surface area contributed by atoms with Crippen LogP contribution in [0.1, 0.15) is 30.9 Å². The maximum Gasteiger partial charge on any atom is 0.328 e. The number of carboxylic acids is 1. The van der Waals surface area contributed by atoms with Crippen LogP contribution in [-0.4, -0.2) is 54.2 Å². The predicted octanol–water partition coefficient (Wildman–Crippen LogP) is 1.47. The first-order valence-electron chi connectivity index (χ1n) is 9.61. The molecule has 2 heterocycles. The second-order valence-electron chi connectivity index (χ2n) is 8.02. The molecule has 2 aromatic rings. The lowest BCUT2D eigenvalue weighted by Crippen LogP contribution is -2.71. The number of carbonyl (C=O) groups excluding carboxylic acids is 2. The van der Waals surface area contributed by atoms with Gasteiger partial charge in [-0.05, 0) is 25.0 Å². The highest BCUT2D eigenvalue weighted by atomic mass is 32.2. The van der Waals surface area contributed by atoms with E-state index in [0.29, 0.717) is 0 Å². The predicted molar refractivity (Wildman–Crippen MR) is 111 cm³/mol. The third kappa shape index (κ3) is 3.02. The van der Waals surface area contributed by atoms with Crippen LogP contribution < -0.4 is 5.32 Å². The van der Waals surface area contributed by atoms with Crippen LogP contribution >= 0.6 is 0 Å². The molecule has 30 heavy (non-hydrogen) atoms. The zero-order chi connectivity index (χ0) is 21.6. The summed E-state index contributed by atoms with van der Waals surface area (Å²) >= 11 is 0. The highest BCUT2D eigenvalue weighted by Gasteiger charge is 2.68. The van der Waals surface area contributed by atoms with Gasteiger partial charge >= 0.3 is 5.97 Å². The molecule has 4 rings (SSSR count). The number of hydrogen-bond acceptors (Lipinski definition) is 4. The molecule has 2 saturated heterocycles. The smallest absolute Gasteiger partial charge is 0.328 e. The van der Waals surface area contributed by atoms with Gasteiger partial charge in [0.1, 0.15) is 17.5 Å². The number of nitrogens with one attached hydrogen (secondary N) is 1. The van der Waals surface area contributed by atoms with E-state index in [0.717, 1.165) is 16.0 Å². The van der Waals surface area contributed by atoms with Gasteiger partial charge in [0.25, 0.3) is 0 Å². The molecule has 2 amide bonds. The van der Waals surface area contributed by atoms with Crippen molar-refractivity contribution < 1.29 is 23.7 Å². The van der Waals surface area contributed by atoms with E-state index in [1.165, 1.54) is 0 Å². The Morgan fingerprint density at radius 2 is 1.53 bits per heavy atom. The van der Waals surface area contributed by atoms with E-state index >= 15 is 0 Å². The number of aliphatic carboxylic acids is 1. The number of hydrogen-bond donors (Lipinski definition) is 2. The number of benzene rings is 2. The fraction of sp³-hybridized carbons (Fsp3) is 0.318. The molecule has 0 spiro atoms. The van der Waals surface area contributed by atoms with Crippen molar-refractivity contribution in [3.8, 4) is 0 Å². The molecule has 2 aliphatic rings. The average molecular weight is 426 g/mol. The van der Waals surface area contributed by atoms with E-state index < -0.39 is 50.8 Å². The first kappa shape index (κ1) is 20.3. The summed E-state index contributed by atoms with van der Waals surface area (Å²) in [6, 6.07) is 16.2. The second-order valence-corrected chi connectivity index (χ2v) is 10.1. The average Bonchev–Trinajstić information content (AvgIpc) is 2.92. The summed E-state index contributed by atoms with van der Waals surface area (Å²) < 4.78 is 11.8. The van der Waals surface area contributed by atoms with Gasteiger partial charge in [-0.25, -0.2) is 4.79 Å².